The summed E-state index contributed by atoms with van der Waals surface area (Å²) in [6.07, 6.45) is -0.650. The second-order valence-corrected chi connectivity index (χ2v) is 2.92. The van der Waals surface area contributed by atoms with E-state index in [1.54, 1.807) is 31.2 Å². The Morgan fingerprint density at radius 1 is 1.40 bits per heavy atom. The fraction of sp³-hybridized carbons (Fsp3) is 0.273. The number of methoxy groups -OCH3 is 1. The zero-order valence-electron chi connectivity index (χ0n) is 8.56. The van der Waals surface area contributed by atoms with E-state index >= 15 is 0 Å². The first-order valence-electron chi connectivity index (χ1n) is 4.42. The lowest BCUT2D eigenvalue weighted by atomic mass is 10.2. The van der Waals surface area contributed by atoms with Gasteiger partial charge in [-0.2, -0.15) is 5.26 Å². The van der Waals surface area contributed by atoms with Gasteiger partial charge in [0, 0.05) is 0 Å². The van der Waals surface area contributed by atoms with Crippen molar-refractivity contribution < 1.29 is 14.3 Å². The topological polar surface area (TPSA) is 59.3 Å². The van der Waals surface area contributed by atoms with Crippen LogP contribution in [0.25, 0.3) is 0 Å². The quantitative estimate of drug-likeness (QED) is 0.701. The van der Waals surface area contributed by atoms with E-state index in [9.17, 15) is 4.79 Å². The van der Waals surface area contributed by atoms with Crippen molar-refractivity contribution >= 4 is 5.97 Å². The maximum atomic E-state index is 11.0. The Kier molecular flexibility index (Phi) is 3.69. The van der Waals surface area contributed by atoms with Crippen LogP contribution in [0, 0.1) is 11.3 Å². The van der Waals surface area contributed by atoms with E-state index < -0.39 is 12.1 Å². The molecule has 0 aliphatic rings. The number of nitrogens with zero attached hydrogens (tertiary/aromatic N) is 1. The van der Waals surface area contributed by atoms with E-state index in [2.05, 4.69) is 4.74 Å². The number of carbonyl (C=O) groups is 1. The first-order chi connectivity index (χ1) is 7.17. The average Bonchev–Trinajstić information content (AvgIpc) is 2.29. The lowest BCUT2D eigenvalue weighted by molar-refractivity contribution is -0.147. The molecule has 15 heavy (non-hydrogen) atoms. The average molecular weight is 205 g/mol. The molecule has 1 unspecified atom stereocenters. The zero-order valence-corrected chi connectivity index (χ0v) is 8.56. The van der Waals surface area contributed by atoms with Crippen LogP contribution in [0.2, 0.25) is 0 Å². The Labute approximate surface area is 88.0 Å². The number of hydrogen-bond donors (Lipinski definition) is 0. The van der Waals surface area contributed by atoms with Crippen LogP contribution in [-0.2, 0) is 9.53 Å². The molecule has 0 aliphatic carbocycles. The number of rotatable bonds is 3. The fourth-order valence-electron chi connectivity index (χ4n) is 1.03. The van der Waals surface area contributed by atoms with Gasteiger partial charge < -0.3 is 9.47 Å². The van der Waals surface area contributed by atoms with Gasteiger partial charge in [-0.3, -0.25) is 0 Å². The molecule has 0 saturated carbocycles. The monoisotopic (exact) mass is 205 g/mol. The summed E-state index contributed by atoms with van der Waals surface area (Å²) >= 11 is 0. The van der Waals surface area contributed by atoms with Crippen LogP contribution in [0.1, 0.15) is 12.5 Å². The molecule has 0 bridgehead atoms. The van der Waals surface area contributed by atoms with Gasteiger partial charge in [0.05, 0.1) is 18.7 Å². The minimum Gasteiger partial charge on any atom is -0.479 e. The first kappa shape index (κ1) is 11.1. The van der Waals surface area contributed by atoms with Gasteiger partial charge in [-0.05, 0) is 31.2 Å². The second-order valence-electron chi connectivity index (χ2n) is 2.92. The van der Waals surface area contributed by atoms with Crippen LogP contribution in [0.15, 0.2) is 24.3 Å². The molecule has 0 heterocycles. The minimum absolute atomic E-state index is 0.431. The van der Waals surface area contributed by atoms with Crippen LogP contribution >= 0.6 is 0 Å². The largest absolute Gasteiger partial charge is 0.479 e. The van der Waals surface area contributed by atoms with Crippen molar-refractivity contribution in [3.05, 3.63) is 29.8 Å². The molecule has 1 aromatic rings. The highest BCUT2D eigenvalue weighted by molar-refractivity contribution is 5.74. The molecule has 0 saturated heterocycles. The van der Waals surface area contributed by atoms with Crippen LogP contribution < -0.4 is 4.74 Å². The van der Waals surface area contributed by atoms with Gasteiger partial charge >= 0.3 is 5.97 Å². The van der Waals surface area contributed by atoms with Crippen LogP contribution in [0.4, 0.5) is 0 Å². The molecule has 0 N–H and O–H groups in total. The predicted molar refractivity (Wildman–Crippen MR) is 53.3 cm³/mol. The Morgan fingerprint density at radius 3 is 2.47 bits per heavy atom. The van der Waals surface area contributed by atoms with Crippen molar-refractivity contribution in [3.63, 3.8) is 0 Å². The molecular formula is C11H11NO3. The third-order valence-electron chi connectivity index (χ3n) is 1.83. The molecule has 0 amide bonds. The summed E-state index contributed by atoms with van der Waals surface area (Å²) in [4.78, 5) is 11.0. The van der Waals surface area contributed by atoms with E-state index in [1.807, 2.05) is 6.07 Å². The maximum Gasteiger partial charge on any atom is 0.346 e. The SMILES string of the molecule is COC(=O)C(C)Oc1ccc(C#N)cc1. The van der Waals surface area contributed by atoms with E-state index in [4.69, 9.17) is 10.00 Å². The Hall–Kier alpha value is -2.02. The molecule has 1 rings (SSSR count). The van der Waals surface area contributed by atoms with Crippen molar-refractivity contribution in [3.8, 4) is 11.8 Å². The normalized spacial score (nSPS) is 11.3. The number of nitriles is 1. The molecule has 0 radical (unpaired) electrons. The number of ether oxygens (including phenoxy) is 2. The number of hydrogen-bond acceptors (Lipinski definition) is 4. The summed E-state index contributed by atoms with van der Waals surface area (Å²) in [5, 5.41) is 8.57. The number of esters is 1. The van der Waals surface area contributed by atoms with Crippen molar-refractivity contribution in [1.82, 2.24) is 0 Å². The highest BCUT2D eigenvalue weighted by atomic mass is 16.6. The third-order valence-corrected chi connectivity index (χ3v) is 1.83. The molecule has 1 aromatic carbocycles. The second kappa shape index (κ2) is 5.01. The van der Waals surface area contributed by atoms with Gasteiger partial charge in [0.25, 0.3) is 0 Å². The standard InChI is InChI=1S/C11H11NO3/c1-8(11(13)14-2)15-10-5-3-9(7-12)4-6-10/h3-6,8H,1-2H3. The van der Waals surface area contributed by atoms with E-state index in [0.29, 0.717) is 11.3 Å². The van der Waals surface area contributed by atoms with Crippen molar-refractivity contribution in [2.75, 3.05) is 7.11 Å². The van der Waals surface area contributed by atoms with E-state index in [1.165, 1.54) is 7.11 Å². The number of benzene rings is 1. The molecule has 4 heteroatoms. The highest BCUT2D eigenvalue weighted by Crippen LogP contribution is 2.13. The number of carbonyl (C=O) groups excluding carboxylic acids is 1. The maximum absolute atomic E-state index is 11.0. The zero-order chi connectivity index (χ0) is 11.3. The van der Waals surface area contributed by atoms with Crippen molar-refractivity contribution in [2.45, 2.75) is 13.0 Å². The van der Waals surface area contributed by atoms with Crippen LogP contribution in [-0.4, -0.2) is 19.2 Å². The predicted octanol–water partition coefficient (Wildman–Crippen LogP) is 1.50. The Morgan fingerprint density at radius 2 is 2.00 bits per heavy atom. The van der Waals surface area contributed by atoms with Gasteiger partial charge in [-0.1, -0.05) is 0 Å². The molecule has 0 aliphatic heterocycles. The summed E-state index contributed by atoms with van der Waals surface area (Å²) in [6, 6.07) is 8.52. The first-order valence-corrected chi connectivity index (χ1v) is 4.42. The molecular weight excluding hydrogens is 194 g/mol. The molecule has 78 valence electrons. The van der Waals surface area contributed by atoms with Gasteiger partial charge in [-0.25, -0.2) is 4.79 Å². The third kappa shape index (κ3) is 2.99. The summed E-state index contributed by atoms with van der Waals surface area (Å²) in [6.45, 7) is 1.60. The van der Waals surface area contributed by atoms with Gasteiger partial charge in [0.2, 0.25) is 0 Å². The van der Waals surface area contributed by atoms with Crippen LogP contribution in [0.3, 0.4) is 0 Å². The van der Waals surface area contributed by atoms with Gasteiger partial charge in [0.1, 0.15) is 5.75 Å². The van der Waals surface area contributed by atoms with Gasteiger partial charge in [-0.15, -0.1) is 0 Å². The summed E-state index contributed by atoms with van der Waals surface area (Å²) in [5.41, 5.74) is 0.549. The molecule has 1 atom stereocenters. The lowest BCUT2D eigenvalue weighted by Crippen LogP contribution is -2.24. The Balaban J connectivity index is 2.66. The van der Waals surface area contributed by atoms with E-state index in [0.717, 1.165) is 0 Å². The summed E-state index contributed by atoms with van der Waals surface area (Å²) in [7, 11) is 1.31. The molecule has 0 aromatic heterocycles. The fourth-order valence-corrected chi connectivity index (χ4v) is 1.03. The van der Waals surface area contributed by atoms with Crippen molar-refractivity contribution in [1.29, 1.82) is 5.26 Å². The Bertz CT molecular complexity index is 378. The van der Waals surface area contributed by atoms with Crippen molar-refractivity contribution in [2.24, 2.45) is 0 Å². The molecule has 4 nitrogen and oxygen atoms in total. The summed E-state index contributed by atoms with van der Waals surface area (Å²) in [5.74, 6) is 0.103. The van der Waals surface area contributed by atoms with E-state index in [-0.39, 0.29) is 0 Å². The van der Waals surface area contributed by atoms with Crippen LogP contribution in [0.5, 0.6) is 5.75 Å². The smallest absolute Gasteiger partial charge is 0.346 e. The lowest BCUT2D eigenvalue weighted by Gasteiger charge is -2.11. The van der Waals surface area contributed by atoms with Gasteiger partial charge in [0.15, 0.2) is 6.10 Å². The minimum atomic E-state index is -0.650. The summed E-state index contributed by atoms with van der Waals surface area (Å²) < 4.78 is 9.80. The highest BCUT2D eigenvalue weighted by Gasteiger charge is 2.14. The molecule has 0 fully saturated rings. The molecule has 0 spiro atoms.